The summed E-state index contributed by atoms with van der Waals surface area (Å²) in [5.74, 6) is -3.23. The first-order valence-electron chi connectivity index (χ1n) is 9.36. The highest BCUT2D eigenvalue weighted by molar-refractivity contribution is 5.92. The minimum absolute atomic E-state index is 0.0219. The number of carboxylic acids is 1. The van der Waals surface area contributed by atoms with Crippen molar-refractivity contribution in [1.82, 2.24) is 10.6 Å². The van der Waals surface area contributed by atoms with E-state index in [0.717, 1.165) is 0 Å². The maximum atomic E-state index is 12.5. The number of aliphatic imine (C=N–C) groups is 1. The Hall–Kier alpha value is -2.89. The number of carboxylic acid groups (broad SMARTS) is 1. The highest BCUT2D eigenvalue weighted by Crippen LogP contribution is 2.07. The third kappa shape index (κ3) is 12.2. The predicted octanol–water partition coefficient (Wildman–Crippen LogP) is -2.27. The van der Waals surface area contributed by atoms with Gasteiger partial charge in [-0.2, -0.15) is 0 Å². The van der Waals surface area contributed by atoms with Crippen LogP contribution in [0.3, 0.4) is 0 Å². The smallest absolute Gasteiger partial charge is 0.326 e. The van der Waals surface area contributed by atoms with Crippen LogP contribution in [0.2, 0.25) is 0 Å². The van der Waals surface area contributed by atoms with Crippen molar-refractivity contribution in [3.8, 4) is 0 Å². The number of primary amides is 1. The second-order valence-electron chi connectivity index (χ2n) is 7.15. The number of hydrogen-bond acceptors (Lipinski definition) is 6. The van der Waals surface area contributed by atoms with Gasteiger partial charge in [0.1, 0.15) is 12.1 Å². The zero-order valence-corrected chi connectivity index (χ0v) is 16.9. The molecule has 0 bridgehead atoms. The van der Waals surface area contributed by atoms with Gasteiger partial charge in [0.2, 0.25) is 17.7 Å². The summed E-state index contributed by atoms with van der Waals surface area (Å²) in [5.41, 5.74) is 21.4. The van der Waals surface area contributed by atoms with Gasteiger partial charge in [-0.1, -0.05) is 13.8 Å². The summed E-state index contributed by atoms with van der Waals surface area (Å²) < 4.78 is 0. The summed E-state index contributed by atoms with van der Waals surface area (Å²) in [6.45, 7) is 3.93. The molecule has 11 N–H and O–H groups in total. The average Bonchev–Trinajstić information content (AvgIpc) is 2.60. The van der Waals surface area contributed by atoms with Gasteiger partial charge in [-0.3, -0.25) is 19.4 Å². The summed E-state index contributed by atoms with van der Waals surface area (Å²) in [5, 5.41) is 14.1. The minimum Gasteiger partial charge on any atom is -0.480 e. The number of hydrogen-bond donors (Lipinski definition) is 7. The fourth-order valence-electron chi connectivity index (χ4n) is 2.45. The fourth-order valence-corrected chi connectivity index (χ4v) is 2.45. The Kier molecular flexibility index (Phi) is 12.0. The molecular formula is C17H33N7O5. The van der Waals surface area contributed by atoms with Crippen LogP contribution in [0.5, 0.6) is 0 Å². The van der Waals surface area contributed by atoms with Gasteiger partial charge >= 0.3 is 5.97 Å². The minimum atomic E-state index is -1.19. The molecule has 0 aliphatic carbocycles. The van der Waals surface area contributed by atoms with Crippen LogP contribution in [-0.2, 0) is 19.2 Å². The molecule has 0 aromatic heterocycles. The molecule has 0 unspecified atom stereocenters. The first-order chi connectivity index (χ1) is 13.4. The van der Waals surface area contributed by atoms with E-state index in [2.05, 4.69) is 15.6 Å². The van der Waals surface area contributed by atoms with Crippen molar-refractivity contribution in [2.45, 2.75) is 64.1 Å². The number of rotatable bonds is 14. The highest BCUT2D eigenvalue weighted by atomic mass is 16.4. The maximum absolute atomic E-state index is 12.5. The first kappa shape index (κ1) is 26.1. The monoisotopic (exact) mass is 415 g/mol. The molecule has 3 atom stereocenters. The van der Waals surface area contributed by atoms with Crippen molar-refractivity contribution in [2.24, 2.45) is 33.8 Å². The molecule has 0 aromatic rings. The summed E-state index contributed by atoms with van der Waals surface area (Å²) in [7, 11) is 0. The summed E-state index contributed by atoms with van der Waals surface area (Å²) in [6.07, 6.45) is 0.668. The zero-order valence-electron chi connectivity index (χ0n) is 16.9. The van der Waals surface area contributed by atoms with E-state index in [1.807, 2.05) is 13.8 Å². The Bertz CT molecular complexity index is 605. The largest absolute Gasteiger partial charge is 0.480 e. The lowest BCUT2D eigenvalue weighted by Crippen LogP contribution is -2.54. The van der Waals surface area contributed by atoms with Crippen LogP contribution < -0.4 is 33.6 Å². The van der Waals surface area contributed by atoms with E-state index in [9.17, 15) is 24.3 Å². The molecule has 0 saturated heterocycles. The van der Waals surface area contributed by atoms with Gasteiger partial charge in [-0.25, -0.2) is 4.79 Å². The molecule has 0 rings (SSSR count). The lowest BCUT2D eigenvalue weighted by molar-refractivity contribution is -0.142. The van der Waals surface area contributed by atoms with E-state index in [-0.39, 0.29) is 37.6 Å². The van der Waals surface area contributed by atoms with Crippen LogP contribution >= 0.6 is 0 Å². The van der Waals surface area contributed by atoms with Gasteiger partial charge in [0.05, 0.1) is 6.04 Å². The van der Waals surface area contributed by atoms with Gasteiger partial charge in [-0.15, -0.1) is 0 Å². The summed E-state index contributed by atoms with van der Waals surface area (Å²) >= 11 is 0. The topological polar surface area (TPSA) is 229 Å². The normalized spacial score (nSPS) is 13.8. The van der Waals surface area contributed by atoms with Crippen LogP contribution in [0.4, 0.5) is 0 Å². The Morgan fingerprint density at radius 2 is 1.55 bits per heavy atom. The Morgan fingerprint density at radius 1 is 0.966 bits per heavy atom. The highest BCUT2D eigenvalue weighted by Gasteiger charge is 2.28. The molecule has 0 saturated carbocycles. The van der Waals surface area contributed by atoms with E-state index in [1.54, 1.807) is 0 Å². The van der Waals surface area contributed by atoms with Crippen molar-refractivity contribution >= 4 is 29.7 Å². The molecular weight excluding hydrogens is 382 g/mol. The Morgan fingerprint density at radius 3 is 2.03 bits per heavy atom. The van der Waals surface area contributed by atoms with E-state index in [4.69, 9.17) is 22.9 Å². The number of carbonyl (C=O) groups is 4. The van der Waals surface area contributed by atoms with E-state index >= 15 is 0 Å². The molecule has 0 heterocycles. The third-order valence-corrected chi connectivity index (χ3v) is 3.94. The molecule has 0 spiro atoms. The van der Waals surface area contributed by atoms with Gasteiger partial charge in [-0.05, 0) is 31.6 Å². The Balaban J connectivity index is 4.99. The standard InChI is InChI=1S/C17H33N7O5/c1-9(2)8-12(16(28)29)24-15(27)11(5-6-13(19)25)23-14(26)10(18)4-3-7-22-17(20)21/h9-12H,3-8,18H2,1-2H3,(H2,19,25)(H,23,26)(H,24,27)(H,28,29)(H4,20,21,22)/t10-,11-,12-/m0/s1. The number of nitrogens with two attached hydrogens (primary N) is 4. The average molecular weight is 415 g/mol. The molecule has 0 radical (unpaired) electrons. The Labute approximate surface area is 169 Å². The number of nitrogens with zero attached hydrogens (tertiary/aromatic N) is 1. The van der Waals surface area contributed by atoms with Gasteiger partial charge < -0.3 is 38.7 Å². The van der Waals surface area contributed by atoms with E-state index in [0.29, 0.717) is 13.0 Å². The van der Waals surface area contributed by atoms with Gasteiger partial charge in [0, 0.05) is 13.0 Å². The summed E-state index contributed by atoms with van der Waals surface area (Å²) in [4.78, 5) is 51.0. The predicted molar refractivity (Wildman–Crippen MR) is 107 cm³/mol. The number of amides is 3. The number of nitrogens with one attached hydrogen (secondary N) is 2. The quantitative estimate of drug-likeness (QED) is 0.0926. The number of aliphatic carboxylic acids is 1. The second-order valence-corrected chi connectivity index (χ2v) is 7.15. The van der Waals surface area contributed by atoms with Crippen molar-refractivity contribution < 1.29 is 24.3 Å². The van der Waals surface area contributed by atoms with Crippen LogP contribution in [0.25, 0.3) is 0 Å². The lowest BCUT2D eigenvalue weighted by atomic mass is 10.0. The van der Waals surface area contributed by atoms with Crippen molar-refractivity contribution in [3.05, 3.63) is 0 Å². The van der Waals surface area contributed by atoms with E-state index < -0.39 is 41.8 Å². The maximum Gasteiger partial charge on any atom is 0.326 e. The second kappa shape index (κ2) is 13.3. The molecule has 3 amide bonds. The van der Waals surface area contributed by atoms with Crippen LogP contribution in [0, 0.1) is 5.92 Å². The van der Waals surface area contributed by atoms with Crippen LogP contribution in [-0.4, -0.2) is 59.4 Å². The number of guanidine groups is 1. The zero-order chi connectivity index (χ0) is 22.6. The number of carbonyl (C=O) groups excluding carboxylic acids is 3. The van der Waals surface area contributed by atoms with Gasteiger partial charge in [0.15, 0.2) is 5.96 Å². The molecule has 166 valence electrons. The molecule has 0 aliphatic rings. The molecule has 12 nitrogen and oxygen atoms in total. The van der Waals surface area contributed by atoms with E-state index in [1.165, 1.54) is 0 Å². The summed E-state index contributed by atoms with van der Waals surface area (Å²) in [6, 6.07) is -3.20. The van der Waals surface area contributed by atoms with Crippen molar-refractivity contribution in [2.75, 3.05) is 6.54 Å². The van der Waals surface area contributed by atoms with Crippen molar-refractivity contribution in [1.29, 1.82) is 0 Å². The van der Waals surface area contributed by atoms with Crippen LogP contribution in [0.15, 0.2) is 4.99 Å². The molecule has 12 heteroatoms. The van der Waals surface area contributed by atoms with Crippen molar-refractivity contribution in [3.63, 3.8) is 0 Å². The van der Waals surface area contributed by atoms with Crippen LogP contribution in [0.1, 0.15) is 46.0 Å². The SMILES string of the molecule is CC(C)C[C@H](NC(=O)[C@H](CCC(N)=O)NC(=O)[C@@H](N)CCCN=C(N)N)C(=O)O. The molecule has 0 aromatic carbocycles. The van der Waals surface area contributed by atoms with Gasteiger partial charge in [0.25, 0.3) is 0 Å². The lowest BCUT2D eigenvalue weighted by Gasteiger charge is -2.23. The molecule has 0 fully saturated rings. The fraction of sp³-hybridized carbons (Fsp3) is 0.706. The molecule has 0 aliphatic heterocycles. The first-order valence-corrected chi connectivity index (χ1v) is 9.36. The molecule has 29 heavy (non-hydrogen) atoms. The third-order valence-electron chi connectivity index (χ3n) is 3.94.